The van der Waals surface area contributed by atoms with Crippen LogP contribution in [-0.2, 0) is 0 Å². The van der Waals surface area contributed by atoms with Gasteiger partial charge in [0.1, 0.15) is 5.76 Å². The minimum atomic E-state index is -0.126. The van der Waals surface area contributed by atoms with Gasteiger partial charge >= 0.3 is 0 Å². The molecule has 0 radical (unpaired) electrons. The molecule has 88 valence electrons. The van der Waals surface area contributed by atoms with E-state index in [0.717, 1.165) is 11.3 Å². The average Bonchev–Trinajstić information content (AvgIpc) is 2.83. The average molecular weight is 229 g/mol. The van der Waals surface area contributed by atoms with Crippen molar-refractivity contribution in [1.82, 2.24) is 5.32 Å². The third-order valence-corrected chi connectivity index (χ3v) is 2.63. The van der Waals surface area contributed by atoms with Crippen molar-refractivity contribution in [3.05, 3.63) is 59.5 Å². The summed E-state index contributed by atoms with van der Waals surface area (Å²) in [6, 6.07) is 11.0. The zero-order valence-electron chi connectivity index (χ0n) is 9.94. The Kier molecular flexibility index (Phi) is 3.28. The monoisotopic (exact) mass is 229 g/mol. The second-order valence-corrected chi connectivity index (χ2v) is 4.08. The molecule has 1 aromatic heterocycles. The molecule has 0 bridgehead atoms. The molecule has 2 aromatic rings. The Balaban J connectivity index is 2.04. The topological polar surface area (TPSA) is 42.2 Å². The summed E-state index contributed by atoms with van der Waals surface area (Å²) in [7, 11) is 0. The van der Waals surface area contributed by atoms with Gasteiger partial charge < -0.3 is 9.73 Å². The van der Waals surface area contributed by atoms with Crippen LogP contribution >= 0.6 is 0 Å². The predicted octanol–water partition coefficient (Wildman–Crippen LogP) is 3.08. The number of nitrogens with one attached hydrogen (secondary N) is 1. The Bertz CT molecular complexity index is 485. The van der Waals surface area contributed by atoms with Gasteiger partial charge in [0.2, 0.25) is 0 Å². The van der Waals surface area contributed by atoms with Crippen LogP contribution in [0.4, 0.5) is 0 Å². The van der Waals surface area contributed by atoms with Crippen molar-refractivity contribution in [2.45, 2.75) is 19.9 Å². The van der Waals surface area contributed by atoms with E-state index in [9.17, 15) is 4.79 Å². The van der Waals surface area contributed by atoms with E-state index in [2.05, 4.69) is 5.32 Å². The number of carbonyl (C=O) groups excluding carboxylic acids is 1. The van der Waals surface area contributed by atoms with Crippen LogP contribution in [0.1, 0.15) is 34.6 Å². The summed E-state index contributed by atoms with van der Waals surface area (Å²) in [4.78, 5) is 11.9. The number of aryl methyl sites for hydroxylation is 1. The second-order valence-electron chi connectivity index (χ2n) is 4.08. The van der Waals surface area contributed by atoms with Crippen LogP contribution in [0.15, 0.2) is 47.1 Å². The lowest BCUT2D eigenvalue weighted by atomic mass is 10.1. The Morgan fingerprint density at radius 1 is 1.24 bits per heavy atom. The van der Waals surface area contributed by atoms with Gasteiger partial charge in [0.25, 0.3) is 5.91 Å². The Hall–Kier alpha value is -2.03. The number of hydrogen-bond donors (Lipinski definition) is 1. The molecule has 0 fully saturated rings. The lowest BCUT2D eigenvalue weighted by molar-refractivity contribution is 0.0935. The molecule has 0 saturated heterocycles. The molecule has 3 nitrogen and oxygen atoms in total. The first-order chi connectivity index (χ1) is 8.16. The summed E-state index contributed by atoms with van der Waals surface area (Å²) in [5.74, 6) is 0.666. The molecule has 1 N–H and O–H groups in total. The van der Waals surface area contributed by atoms with Crippen molar-refractivity contribution in [3.63, 3.8) is 0 Å². The smallest absolute Gasteiger partial charge is 0.251 e. The third-order valence-electron chi connectivity index (χ3n) is 2.63. The number of amides is 1. The quantitative estimate of drug-likeness (QED) is 0.878. The highest BCUT2D eigenvalue weighted by molar-refractivity contribution is 5.94. The van der Waals surface area contributed by atoms with Crippen LogP contribution < -0.4 is 5.32 Å². The van der Waals surface area contributed by atoms with Crippen LogP contribution in [0, 0.1) is 6.92 Å². The molecule has 0 aliphatic carbocycles. The fourth-order valence-electron chi connectivity index (χ4n) is 1.59. The molecule has 0 saturated carbocycles. The SMILES string of the molecule is Cc1ccc(C(=O)N[C@@H](C)c2ccco2)cc1. The summed E-state index contributed by atoms with van der Waals surface area (Å²) in [5.41, 5.74) is 1.80. The first-order valence-electron chi connectivity index (χ1n) is 5.58. The first-order valence-corrected chi connectivity index (χ1v) is 5.58. The minimum Gasteiger partial charge on any atom is -0.467 e. The van der Waals surface area contributed by atoms with Crippen molar-refractivity contribution in [2.75, 3.05) is 0 Å². The van der Waals surface area contributed by atoms with Crippen LogP contribution in [0.25, 0.3) is 0 Å². The first kappa shape index (κ1) is 11.5. The molecule has 17 heavy (non-hydrogen) atoms. The highest BCUT2D eigenvalue weighted by Crippen LogP contribution is 2.13. The molecule has 0 spiro atoms. The zero-order chi connectivity index (χ0) is 12.3. The Labute approximate surface area is 100 Å². The molecule has 2 rings (SSSR count). The van der Waals surface area contributed by atoms with E-state index in [-0.39, 0.29) is 11.9 Å². The molecule has 0 aliphatic heterocycles. The normalized spacial score (nSPS) is 12.1. The molecule has 1 heterocycles. The summed E-state index contributed by atoms with van der Waals surface area (Å²) in [6.07, 6.45) is 1.60. The molecule has 1 atom stereocenters. The molecule has 0 unspecified atom stereocenters. The summed E-state index contributed by atoms with van der Waals surface area (Å²) in [6.45, 7) is 3.89. The number of hydrogen-bond acceptors (Lipinski definition) is 2. The van der Waals surface area contributed by atoms with Crippen molar-refractivity contribution in [2.24, 2.45) is 0 Å². The van der Waals surface area contributed by atoms with Gasteiger partial charge in [0.15, 0.2) is 0 Å². The van der Waals surface area contributed by atoms with Crippen molar-refractivity contribution >= 4 is 5.91 Å². The fraction of sp³-hybridized carbons (Fsp3) is 0.214. The van der Waals surface area contributed by atoms with Gasteiger partial charge in [0.05, 0.1) is 12.3 Å². The standard InChI is InChI=1S/C14H15NO2/c1-10-5-7-12(8-6-10)14(16)15-11(2)13-4-3-9-17-13/h3-9,11H,1-2H3,(H,15,16)/t11-/m0/s1. The van der Waals surface area contributed by atoms with Crippen LogP contribution in [-0.4, -0.2) is 5.91 Å². The number of rotatable bonds is 3. The van der Waals surface area contributed by atoms with E-state index in [1.54, 1.807) is 6.26 Å². The van der Waals surface area contributed by atoms with E-state index < -0.39 is 0 Å². The van der Waals surface area contributed by atoms with Gasteiger partial charge in [-0.3, -0.25) is 4.79 Å². The zero-order valence-corrected chi connectivity index (χ0v) is 9.94. The van der Waals surface area contributed by atoms with Gasteiger partial charge in [-0.15, -0.1) is 0 Å². The lowest BCUT2D eigenvalue weighted by Gasteiger charge is -2.11. The summed E-state index contributed by atoms with van der Waals surface area (Å²) >= 11 is 0. The van der Waals surface area contributed by atoms with Gasteiger partial charge in [-0.1, -0.05) is 17.7 Å². The van der Waals surface area contributed by atoms with Gasteiger partial charge in [-0.05, 0) is 38.1 Å². The van der Waals surface area contributed by atoms with E-state index in [0.29, 0.717) is 5.56 Å². The van der Waals surface area contributed by atoms with Crippen LogP contribution in [0.5, 0.6) is 0 Å². The largest absolute Gasteiger partial charge is 0.467 e. The lowest BCUT2D eigenvalue weighted by Crippen LogP contribution is -2.26. The summed E-state index contributed by atoms with van der Waals surface area (Å²) < 4.78 is 5.24. The summed E-state index contributed by atoms with van der Waals surface area (Å²) in [5, 5.41) is 2.89. The number of benzene rings is 1. The Morgan fingerprint density at radius 2 is 1.94 bits per heavy atom. The van der Waals surface area contributed by atoms with Crippen molar-refractivity contribution < 1.29 is 9.21 Å². The maximum Gasteiger partial charge on any atom is 0.251 e. The van der Waals surface area contributed by atoms with E-state index >= 15 is 0 Å². The maximum atomic E-state index is 11.9. The van der Waals surface area contributed by atoms with Gasteiger partial charge in [0, 0.05) is 5.56 Å². The fourth-order valence-corrected chi connectivity index (χ4v) is 1.59. The maximum absolute atomic E-state index is 11.9. The minimum absolute atomic E-state index is 0.0890. The molecule has 1 amide bonds. The van der Waals surface area contributed by atoms with Gasteiger partial charge in [-0.2, -0.15) is 0 Å². The predicted molar refractivity (Wildman–Crippen MR) is 65.8 cm³/mol. The molecule has 0 aliphatic rings. The third kappa shape index (κ3) is 2.75. The molecule has 3 heteroatoms. The van der Waals surface area contributed by atoms with Crippen molar-refractivity contribution in [1.29, 1.82) is 0 Å². The molecule has 1 aromatic carbocycles. The number of carbonyl (C=O) groups is 1. The van der Waals surface area contributed by atoms with E-state index in [1.807, 2.05) is 50.2 Å². The number of furan rings is 1. The highest BCUT2D eigenvalue weighted by Gasteiger charge is 2.12. The molecular weight excluding hydrogens is 214 g/mol. The van der Waals surface area contributed by atoms with Crippen LogP contribution in [0.3, 0.4) is 0 Å². The van der Waals surface area contributed by atoms with E-state index in [4.69, 9.17) is 4.42 Å². The Morgan fingerprint density at radius 3 is 2.53 bits per heavy atom. The second kappa shape index (κ2) is 4.87. The van der Waals surface area contributed by atoms with E-state index in [1.165, 1.54) is 0 Å². The molecular formula is C14H15NO2. The van der Waals surface area contributed by atoms with Crippen LogP contribution in [0.2, 0.25) is 0 Å². The van der Waals surface area contributed by atoms with Gasteiger partial charge in [-0.25, -0.2) is 0 Å². The van der Waals surface area contributed by atoms with Crippen molar-refractivity contribution in [3.8, 4) is 0 Å². The highest BCUT2D eigenvalue weighted by atomic mass is 16.3.